The quantitative estimate of drug-likeness (QED) is 0.779. The number of anilines is 1. The Bertz CT molecular complexity index is 928. The van der Waals surface area contributed by atoms with Crippen LogP contribution >= 0.6 is 11.3 Å². The number of rotatable bonds is 4. The Morgan fingerprint density at radius 3 is 2.60 bits per heavy atom. The van der Waals surface area contributed by atoms with Gasteiger partial charge in [0, 0.05) is 18.3 Å². The molecule has 3 rings (SSSR count). The number of para-hydroxylation sites is 1. The van der Waals surface area contributed by atoms with Gasteiger partial charge < -0.3 is 10.2 Å². The van der Waals surface area contributed by atoms with Gasteiger partial charge in [0.25, 0.3) is 5.91 Å². The average molecular weight is 353 g/mol. The molecule has 0 fully saturated rings. The molecule has 0 aliphatic rings. The number of benzene rings is 2. The number of hydrogen-bond donors (Lipinski definition) is 1. The maximum Gasteiger partial charge on any atom is 0.254 e. The lowest BCUT2D eigenvalue weighted by atomic mass is 10.1. The summed E-state index contributed by atoms with van der Waals surface area (Å²) in [5.74, 6) is -0.404. The van der Waals surface area contributed by atoms with Crippen molar-refractivity contribution in [1.29, 1.82) is 0 Å². The highest BCUT2D eigenvalue weighted by Gasteiger charge is 2.16. The van der Waals surface area contributed by atoms with E-state index in [1.807, 2.05) is 44.2 Å². The van der Waals surface area contributed by atoms with E-state index in [9.17, 15) is 9.59 Å². The average Bonchev–Trinajstić information content (AvgIpc) is 3.05. The van der Waals surface area contributed by atoms with Gasteiger partial charge in [-0.2, -0.15) is 0 Å². The Labute approximate surface area is 150 Å². The molecule has 128 valence electrons. The van der Waals surface area contributed by atoms with Crippen molar-refractivity contribution in [3.8, 4) is 0 Å². The Morgan fingerprint density at radius 2 is 1.88 bits per heavy atom. The molecule has 5 nitrogen and oxygen atoms in total. The third-order valence-corrected chi connectivity index (χ3v) is 4.84. The summed E-state index contributed by atoms with van der Waals surface area (Å²) < 4.78 is 0.958. The molecule has 0 saturated heterocycles. The third-order valence-electron chi connectivity index (χ3n) is 4.05. The second-order valence-electron chi connectivity index (χ2n) is 6.01. The number of fused-ring (bicyclic) bond motifs is 1. The summed E-state index contributed by atoms with van der Waals surface area (Å²) in [6, 6.07) is 11.2. The van der Waals surface area contributed by atoms with E-state index < -0.39 is 0 Å². The molecule has 0 atom stereocenters. The van der Waals surface area contributed by atoms with E-state index in [-0.39, 0.29) is 18.4 Å². The highest BCUT2D eigenvalue weighted by Crippen LogP contribution is 2.21. The Balaban J connectivity index is 1.69. The number of nitrogens with one attached hydrogen (secondary N) is 1. The summed E-state index contributed by atoms with van der Waals surface area (Å²) in [7, 11) is 1.63. The van der Waals surface area contributed by atoms with E-state index >= 15 is 0 Å². The van der Waals surface area contributed by atoms with Crippen LogP contribution in [0.25, 0.3) is 10.2 Å². The topological polar surface area (TPSA) is 62.3 Å². The first-order valence-corrected chi connectivity index (χ1v) is 8.78. The molecule has 0 unspecified atom stereocenters. The van der Waals surface area contributed by atoms with Crippen molar-refractivity contribution in [3.63, 3.8) is 0 Å². The van der Waals surface area contributed by atoms with Crippen LogP contribution in [0.2, 0.25) is 0 Å². The number of carbonyl (C=O) groups is 2. The lowest BCUT2D eigenvalue weighted by Crippen LogP contribution is -2.35. The van der Waals surface area contributed by atoms with Crippen LogP contribution in [0.1, 0.15) is 21.5 Å². The van der Waals surface area contributed by atoms with Crippen LogP contribution < -0.4 is 5.32 Å². The predicted molar refractivity (Wildman–Crippen MR) is 101 cm³/mol. The highest BCUT2D eigenvalue weighted by molar-refractivity contribution is 7.16. The van der Waals surface area contributed by atoms with Crippen molar-refractivity contribution in [2.75, 3.05) is 18.9 Å². The summed E-state index contributed by atoms with van der Waals surface area (Å²) in [4.78, 5) is 30.5. The number of thiazole rings is 1. The number of likely N-dealkylation sites (N-methyl/N-ethyl adjacent to an activating group) is 1. The molecule has 1 N–H and O–H groups in total. The molecule has 3 aromatic rings. The van der Waals surface area contributed by atoms with Gasteiger partial charge >= 0.3 is 0 Å². The molecule has 0 saturated carbocycles. The van der Waals surface area contributed by atoms with Gasteiger partial charge in [-0.25, -0.2) is 4.98 Å². The zero-order valence-corrected chi connectivity index (χ0v) is 15.2. The minimum Gasteiger partial charge on any atom is -0.332 e. The summed E-state index contributed by atoms with van der Waals surface area (Å²) in [5, 5.41) is 2.90. The Hall–Kier alpha value is -2.73. The standard InChI is InChI=1S/C19H19N3O2S/c1-12-5-4-6-13(2)18(12)21-17(23)10-22(3)19(24)14-7-8-15-16(9-14)25-11-20-15/h4-9,11H,10H2,1-3H3,(H,21,23). The van der Waals surface area contributed by atoms with Crippen LogP contribution in [0.15, 0.2) is 41.9 Å². The van der Waals surface area contributed by atoms with Gasteiger partial charge in [-0.05, 0) is 43.2 Å². The number of aryl methyl sites for hydroxylation is 2. The van der Waals surface area contributed by atoms with Crippen LogP contribution in [0.3, 0.4) is 0 Å². The third kappa shape index (κ3) is 3.69. The monoisotopic (exact) mass is 353 g/mol. The minimum atomic E-state index is -0.216. The second-order valence-corrected chi connectivity index (χ2v) is 6.90. The van der Waals surface area contributed by atoms with E-state index in [4.69, 9.17) is 0 Å². The van der Waals surface area contributed by atoms with E-state index in [1.54, 1.807) is 18.6 Å². The summed E-state index contributed by atoms with van der Waals surface area (Å²) in [5.41, 5.74) is 5.98. The van der Waals surface area contributed by atoms with Crippen LogP contribution in [-0.4, -0.2) is 35.3 Å². The molecule has 0 bridgehead atoms. The smallest absolute Gasteiger partial charge is 0.254 e. The molecule has 0 aliphatic heterocycles. The molecule has 6 heteroatoms. The fraction of sp³-hybridized carbons (Fsp3) is 0.211. The molecule has 1 heterocycles. The van der Waals surface area contributed by atoms with Gasteiger partial charge in [0.2, 0.25) is 5.91 Å². The number of hydrogen-bond acceptors (Lipinski definition) is 4. The largest absolute Gasteiger partial charge is 0.332 e. The molecule has 0 aliphatic carbocycles. The summed E-state index contributed by atoms with van der Waals surface area (Å²) >= 11 is 1.49. The first-order valence-electron chi connectivity index (χ1n) is 7.90. The predicted octanol–water partition coefficient (Wildman–Crippen LogP) is 3.62. The van der Waals surface area contributed by atoms with Gasteiger partial charge in [-0.15, -0.1) is 11.3 Å². The minimum absolute atomic E-state index is 0.00661. The molecule has 0 radical (unpaired) electrons. The number of carbonyl (C=O) groups excluding carboxylic acids is 2. The van der Waals surface area contributed by atoms with Crippen molar-refractivity contribution >= 4 is 39.1 Å². The molecule has 2 aromatic carbocycles. The van der Waals surface area contributed by atoms with Crippen molar-refractivity contribution in [2.45, 2.75) is 13.8 Å². The summed E-state index contributed by atoms with van der Waals surface area (Å²) in [6.45, 7) is 3.89. The van der Waals surface area contributed by atoms with Crippen molar-refractivity contribution < 1.29 is 9.59 Å². The van der Waals surface area contributed by atoms with Crippen molar-refractivity contribution in [3.05, 3.63) is 58.6 Å². The van der Waals surface area contributed by atoms with Gasteiger partial charge in [0.05, 0.1) is 22.3 Å². The highest BCUT2D eigenvalue weighted by atomic mass is 32.1. The lowest BCUT2D eigenvalue weighted by molar-refractivity contribution is -0.116. The van der Waals surface area contributed by atoms with Gasteiger partial charge in [-0.3, -0.25) is 9.59 Å². The summed E-state index contributed by atoms with van der Waals surface area (Å²) in [6.07, 6.45) is 0. The molecule has 0 spiro atoms. The van der Waals surface area contributed by atoms with Gasteiger partial charge in [-0.1, -0.05) is 18.2 Å². The van der Waals surface area contributed by atoms with Gasteiger partial charge in [0.15, 0.2) is 0 Å². The van der Waals surface area contributed by atoms with Crippen molar-refractivity contribution in [1.82, 2.24) is 9.88 Å². The number of aromatic nitrogens is 1. The fourth-order valence-electron chi connectivity index (χ4n) is 2.69. The number of nitrogens with zero attached hydrogens (tertiary/aromatic N) is 2. The normalized spacial score (nSPS) is 10.7. The zero-order valence-electron chi connectivity index (χ0n) is 14.4. The van der Waals surface area contributed by atoms with E-state index in [1.165, 1.54) is 16.2 Å². The van der Waals surface area contributed by atoms with Crippen LogP contribution in [-0.2, 0) is 4.79 Å². The van der Waals surface area contributed by atoms with Crippen LogP contribution in [0.4, 0.5) is 5.69 Å². The first-order chi connectivity index (χ1) is 12.0. The SMILES string of the molecule is Cc1cccc(C)c1NC(=O)CN(C)C(=O)c1ccc2ncsc2c1. The number of amides is 2. The molecular formula is C19H19N3O2S. The van der Waals surface area contributed by atoms with E-state index in [0.29, 0.717) is 5.56 Å². The maximum absolute atomic E-state index is 12.6. The molecular weight excluding hydrogens is 334 g/mol. The van der Waals surface area contributed by atoms with E-state index in [0.717, 1.165) is 27.0 Å². The molecule has 25 heavy (non-hydrogen) atoms. The Kier molecular flexibility index (Phi) is 4.81. The van der Waals surface area contributed by atoms with Crippen LogP contribution in [0, 0.1) is 13.8 Å². The zero-order chi connectivity index (χ0) is 18.0. The Morgan fingerprint density at radius 1 is 1.16 bits per heavy atom. The van der Waals surface area contributed by atoms with Crippen LogP contribution in [0.5, 0.6) is 0 Å². The maximum atomic E-state index is 12.6. The van der Waals surface area contributed by atoms with E-state index in [2.05, 4.69) is 10.3 Å². The molecule has 1 aromatic heterocycles. The lowest BCUT2D eigenvalue weighted by Gasteiger charge is -2.18. The van der Waals surface area contributed by atoms with Gasteiger partial charge in [0.1, 0.15) is 0 Å². The second kappa shape index (κ2) is 7.03. The first kappa shape index (κ1) is 17.1. The van der Waals surface area contributed by atoms with Crippen molar-refractivity contribution in [2.24, 2.45) is 0 Å². The molecule has 2 amide bonds. The fourth-order valence-corrected chi connectivity index (χ4v) is 3.40.